The molecule has 0 N–H and O–H groups in total. The molecule has 0 atom stereocenters. The van der Waals surface area contributed by atoms with Crippen LogP contribution in [0.5, 0.6) is 0 Å². The van der Waals surface area contributed by atoms with E-state index in [0.717, 1.165) is 16.6 Å². The number of nitro groups is 1. The van der Waals surface area contributed by atoms with Crippen molar-refractivity contribution in [2.75, 3.05) is 29.9 Å². The van der Waals surface area contributed by atoms with Gasteiger partial charge in [-0.3, -0.25) is 24.5 Å². The van der Waals surface area contributed by atoms with Crippen LogP contribution in [0.2, 0.25) is 0 Å². The molecule has 2 aromatic carbocycles. The van der Waals surface area contributed by atoms with Crippen molar-refractivity contribution in [2.24, 2.45) is 0 Å². The van der Waals surface area contributed by atoms with Crippen molar-refractivity contribution in [2.45, 2.75) is 20.4 Å². The third-order valence-electron chi connectivity index (χ3n) is 6.11. The Bertz CT molecular complexity index is 1430. The molecule has 34 heavy (non-hydrogen) atoms. The summed E-state index contributed by atoms with van der Waals surface area (Å²) in [5.41, 5.74) is 3.88. The number of carbonyl (C=O) groups is 1. The second-order valence-corrected chi connectivity index (χ2v) is 8.37. The third kappa shape index (κ3) is 3.62. The van der Waals surface area contributed by atoms with E-state index < -0.39 is 4.92 Å². The summed E-state index contributed by atoms with van der Waals surface area (Å²) in [6, 6.07) is 14.8. The van der Waals surface area contributed by atoms with Crippen LogP contribution in [0.1, 0.15) is 27.3 Å². The highest BCUT2D eigenvalue weighted by atomic mass is 16.6. The summed E-state index contributed by atoms with van der Waals surface area (Å²) in [4.78, 5) is 37.4. The summed E-state index contributed by atoms with van der Waals surface area (Å²) in [7, 11) is 1.95. The van der Waals surface area contributed by atoms with Gasteiger partial charge in [-0.15, -0.1) is 0 Å². The van der Waals surface area contributed by atoms with Crippen LogP contribution in [-0.4, -0.2) is 50.7 Å². The van der Waals surface area contributed by atoms with E-state index in [9.17, 15) is 14.9 Å². The second-order valence-electron chi connectivity index (χ2n) is 8.37. The summed E-state index contributed by atoms with van der Waals surface area (Å²) < 4.78 is 1.61. The van der Waals surface area contributed by atoms with E-state index in [0.29, 0.717) is 48.2 Å². The fraction of sp³-hybridized carbons (Fsp3) is 0.250. The van der Waals surface area contributed by atoms with Gasteiger partial charge in [0.25, 0.3) is 5.91 Å². The number of nitrogens with zero attached hydrogens (tertiary/aromatic N) is 7. The summed E-state index contributed by atoms with van der Waals surface area (Å²) in [5, 5.41) is 15.6. The zero-order valence-electron chi connectivity index (χ0n) is 19.1. The SMILES string of the molecule is Cc1nn(Cc2ccc(C(=O)N3CCN(C)c4nc5ccccc5nc43)cc2)c(C)c1[N+](=O)[O-]. The maximum Gasteiger partial charge on any atom is 0.312 e. The summed E-state index contributed by atoms with van der Waals surface area (Å²) in [6.07, 6.45) is 0. The molecule has 3 heterocycles. The number of hydrogen-bond donors (Lipinski definition) is 0. The maximum atomic E-state index is 13.4. The Hall–Kier alpha value is -4.34. The highest BCUT2D eigenvalue weighted by Gasteiger charge is 2.29. The van der Waals surface area contributed by atoms with Crippen LogP contribution >= 0.6 is 0 Å². The smallest absolute Gasteiger partial charge is 0.312 e. The first-order valence-electron chi connectivity index (χ1n) is 10.9. The van der Waals surface area contributed by atoms with E-state index in [1.54, 1.807) is 35.6 Å². The van der Waals surface area contributed by atoms with E-state index >= 15 is 0 Å². The first-order chi connectivity index (χ1) is 16.3. The van der Waals surface area contributed by atoms with Crippen molar-refractivity contribution in [3.63, 3.8) is 0 Å². The molecule has 10 nitrogen and oxygen atoms in total. The van der Waals surface area contributed by atoms with Gasteiger partial charge in [-0.25, -0.2) is 9.97 Å². The standard InChI is InChI=1S/C24H23N7O3/c1-15-21(31(33)34)16(2)30(27-15)14-17-8-10-18(11-9-17)24(32)29-13-12-28(3)22-23(29)26-20-7-5-4-6-19(20)25-22/h4-11H,12-14H2,1-3H3. The van der Waals surface area contributed by atoms with Crippen molar-refractivity contribution >= 4 is 34.3 Å². The van der Waals surface area contributed by atoms with Gasteiger partial charge in [0.15, 0.2) is 11.6 Å². The van der Waals surface area contributed by atoms with Crippen molar-refractivity contribution < 1.29 is 9.72 Å². The van der Waals surface area contributed by atoms with Crippen molar-refractivity contribution in [1.29, 1.82) is 0 Å². The van der Waals surface area contributed by atoms with Gasteiger partial charge in [0.2, 0.25) is 0 Å². The first kappa shape index (κ1) is 21.5. The number of carbonyl (C=O) groups excluding carboxylic acids is 1. The maximum absolute atomic E-state index is 13.4. The van der Waals surface area contributed by atoms with E-state index in [2.05, 4.69) is 5.10 Å². The Morgan fingerprint density at radius 1 is 1.00 bits per heavy atom. The van der Waals surface area contributed by atoms with Gasteiger partial charge in [-0.2, -0.15) is 5.10 Å². The van der Waals surface area contributed by atoms with E-state index in [4.69, 9.17) is 9.97 Å². The number of anilines is 2. The highest BCUT2D eigenvalue weighted by Crippen LogP contribution is 2.31. The van der Waals surface area contributed by atoms with Crippen LogP contribution in [0.25, 0.3) is 11.0 Å². The molecule has 1 aliphatic rings. The minimum atomic E-state index is -0.407. The lowest BCUT2D eigenvalue weighted by Gasteiger charge is -2.33. The Kier molecular flexibility index (Phi) is 5.20. The molecule has 0 spiro atoms. The second kappa shape index (κ2) is 8.22. The number of aryl methyl sites for hydroxylation is 1. The molecule has 172 valence electrons. The lowest BCUT2D eigenvalue weighted by molar-refractivity contribution is -0.386. The number of hydrogen-bond acceptors (Lipinski definition) is 7. The highest BCUT2D eigenvalue weighted by molar-refractivity contribution is 6.07. The third-order valence-corrected chi connectivity index (χ3v) is 6.11. The molecule has 1 aliphatic heterocycles. The van der Waals surface area contributed by atoms with Crippen LogP contribution in [0.3, 0.4) is 0 Å². The minimum Gasteiger partial charge on any atom is -0.355 e. The lowest BCUT2D eigenvalue weighted by atomic mass is 10.1. The number of benzene rings is 2. The van der Waals surface area contributed by atoms with E-state index in [1.165, 1.54) is 0 Å². The van der Waals surface area contributed by atoms with Gasteiger partial charge in [0.1, 0.15) is 11.4 Å². The molecular formula is C24H23N7O3. The monoisotopic (exact) mass is 457 g/mol. The van der Waals surface area contributed by atoms with Crippen molar-refractivity contribution in [1.82, 2.24) is 19.7 Å². The molecule has 0 unspecified atom stereocenters. The molecule has 0 bridgehead atoms. The quantitative estimate of drug-likeness (QED) is 0.341. The van der Waals surface area contributed by atoms with Gasteiger partial charge in [0, 0.05) is 25.7 Å². The number of likely N-dealkylation sites (N-methyl/N-ethyl adjacent to an activating group) is 1. The molecule has 0 aliphatic carbocycles. The predicted octanol–water partition coefficient (Wildman–Crippen LogP) is 3.50. The minimum absolute atomic E-state index is 0.0363. The normalized spacial score (nSPS) is 13.3. The van der Waals surface area contributed by atoms with E-state index in [-0.39, 0.29) is 11.6 Å². The molecule has 0 saturated carbocycles. The fourth-order valence-electron chi connectivity index (χ4n) is 4.27. The Morgan fingerprint density at radius 3 is 2.26 bits per heavy atom. The number of rotatable bonds is 4. The first-order valence-corrected chi connectivity index (χ1v) is 10.9. The topological polar surface area (TPSA) is 110 Å². The molecule has 4 aromatic rings. The summed E-state index contributed by atoms with van der Waals surface area (Å²) >= 11 is 0. The van der Waals surface area contributed by atoms with Crippen LogP contribution in [0.15, 0.2) is 48.5 Å². The zero-order valence-corrected chi connectivity index (χ0v) is 19.1. The molecule has 1 amide bonds. The average molecular weight is 457 g/mol. The van der Waals surface area contributed by atoms with Crippen molar-refractivity contribution in [3.8, 4) is 0 Å². The number of amides is 1. The molecule has 5 rings (SSSR count). The molecule has 10 heteroatoms. The van der Waals surface area contributed by atoms with Gasteiger partial charge < -0.3 is 4.90 Å². The van der Waals surface area contributed by atoms with Gasteiger partial charge in [0.05, 0.1) is 22.5 Å². The largest absolute Gasteiger partial charge is 0.355 e. The zero-order chi connectivity index (χ0) is 24.0. The molecule has 2 aromatic heterocycles. The Balaban J connectivity index is 1.41. The summed E-state index contributed by atoms with van der Waals surface area (Å²) in [6.45, 7) is 4.85. The molecule has 0 saturated heterocycles. The average Bonchev–Trinajstić information content (AvgIpc) is 3.11. The van der Waals surface area contributed by atoms with Crippen LogP contribution in [0.4, 0.5) is 17.3 Å². The lowest BCUT2D eigenvalue weighted by Crippen LogP contribution is -2.43. The fourth-order valence-corrected chi connectivity index (χ4v) is 4.27. The van der Waals surface area contributed by atoms with Gasteiger partial charge >= 0.3 is 5.69 Å². The van der Waals surface area contributed by atoms with Crippen LogP contribution in [-0.2, 0) is 6.54 Å². The van der Waals surface area contributed by atoms with Crippen molar-refractivity contribution in [3.05, 3.63) is 81.2 Å². The summed E-state index contributed by atoms with van der Waals surface area (Å²) in [5.74, 6) is 1.09. The number of para-hydroxylation sites is 2. The predicted molar refractivity (Wildman–Crippen MR) is 128 cm³/mol. The van der Waals surface area contributed by atoms with Crippen LogP contribution < -0.4 is 9.80 Å². The molecule has 0 radical (unpaired) electrons. The van der Waals surface area contributed by atoms with Gasteiger partial charge in [-0.1, -0.05) is 24.3 Å². The van der Waals surface area contributed by atoms with Gasteiger partial charge in [-0.05, 0) is 43.7 Å². The Morgan fingerprint density at radius 2 is 1.65 bits per heavy atom. The number of fused-ring (bicyclic) bond motifs is 2. The van der Waals surface area contributed by atoms with E-state index in [1.807, 2.05) is 48.3 Å². The molecular weight excluding hydrogens is 434 g/mol. The molecule has 0 fully saturated rings. The Labute approximate surface area is 195 Å². The van der Waals surface area contributed by atoms with Crippen LogP contribution in [0, 0.1) is 24.0 Å². The number of aromatic nitrogens is 4.